The Labute approximate surface area is 96.5 Å². The Hall–Kier alpha value is -1.38. The first-order chi connectivity index (χ1) is 7.76. The van der Waals surface area contributed by atoms with Crippen LogP contribution in [-0.4, -0.2) is 14.6 Å². The molecule has 2 rings (SSSR count). The van der Waals surface area contributed by atoms with E-state index < -0.39 is 0 Å². The smallest absolute Gasteiger partial charge is 0.158 e. The summed E-state index contributed by atoms with van der Waals surface area (Å²) in [5, 5.41) is 4.57. The van der Waals surface area contributed by atoms with E-state index in [-0.39, 0.29) is 0 Å². The molecule has 86 valence electrons. The van der Waals surface area contributed by atoms with Crippen LogP contribution >= 0.6 is 0 Å². The second-order valence-electron chi connectivity index (χ2n) is 4.32. The Kier molecular flexibility index (Phi) is 3.22. The van der Waals surface area contributed by atoms with Crippen LogP contribution in [0.2, 0.25) is 0 Å². The van der Waals surface area contributed by atoms with Crippen molar-refractivity contribution in [2.24, 2.45) is 0 Å². The molecule has 0 fully saturated rings. The van der Waals surface area contributed by atoms with E-state index in [1.54, 1.807) is 0 Å². The number of fused-ring (bicyclic) bond motifs is 1. The van der Waals surface area contributed by atoms with Gasteiger partial charge < -0.3 is 0 Å². The van der Waals surface area contributed by atoms with Crippen LogP contribution in [0.3, 0.4) is 0 Å². The monoisotopic (exact) mass is 217 g/mol. The van der Waals surface area contributed by atoms with Crippen molar-refractivity contribution in [3.05, 3.63) is 29.7 Å². The highest BCUT2D eigenvalue weighted by Gasteiger charge is 2.14. The zero-order valence-corrected chi connectivity index (χ0v) is 10.3. The molecule has 0 spiro atoms. The molecule has 1 unspecified atom stereocenters. The molecule has 16 heavy (non-hydrogen) atoms. The maximum atomic E-state index is 4.65. The van der Waals surface area contributed by atoms with Gasteiger partial charge in [0.2, 0.25) is 0 Å². The van der Waals surface area contributed by atoms with E-state index in [0.29, 0.717) is 5.92 Å². The molecule has 0 amide bonds. The lowest BCUT2D eigenvalue weighted by atomic mass is 10.0. The lowest BCUT2D eigenvalue weighted by molar-refractivity contribution is 0.564. The average Bonchev–Trinajstić information content (AvgIpc) is 2.71. The first-order valence-electron chi connectivity index (χ1n) is 6.08. The fourth-order valence-corrected chi connectivity index (χ4v) is 2.09. The van der Waals surface area contributed by atoms with Crippen LogP contribution in [0.15, 0.2) is 18.3 Å². The molecular formula is C13H19N3. The minimum absolute atomic E-state index is 0.504. The van der Waals surface area contributed by atoms with Gasteiger partial charge in [0.05, 0.1) is 0 Å². The van der Waals surface area contributed by atoms with Crippen LogP contribution in [0.1, 0.15) is 50.4 Å². The summed E-state index contributed by atoms with van der Waals surface area (Å²) >= 11 is 0. The summed E-state index contributed by atoms with van der Waals surface area (Å²) in [7, 11) is 0. The van der Waals surface area contributed by atoms with Gasteiger partial charge in [-0.05, 0) is 31.4 Å². The van der Waals surface area contributed by atoms with Gasteiger partial charge >= 0.3 is 0 Å². The summed E-state index contributed by atoms with van der Waals surface area (Å²) < 4.78 is 1.89. The van der Waals surface area contributed by atoms with Crippen molar-refractivity contribution in [1.82, 2.24) is 14.6 Å². The molecule has 2 heterocycles. The maximum absolute atomic E-state index is 4.65. The third-order valence-electron chi connectivity index (χ3n) is 3.07. The molecular weight excluding hydrogens is 198 g/mol. The predicted octanol–water partition coefficient (Wildman–Crippen LogP) is 3.33. The molecule has 1 atom stereocenters. The standard InChI is InChI=1S/C13H19N3/c1-4-7-11(5-2)12-14-13-10(3)8-6-9-16(13)15-12/h6,8-9,11H,4-5,7H2,1-3H3. The van der Waals surface area contributed by atoms with Crippen molar-refractivity contribution in [3.63, 3.8) is 0 Å². The van der Waals surface area contributed by atoms with Crippen molar-refractivity contribution in [3.8, 4) is 0 Å². The van der Waals surface area contributed by atoms with E-state index in [2.05, 4.69) is 36.9 Å². The van der Waals surface area contributed by atoms with Gasteiger partial charge in [-0.2, -0.15) is 5.10 Å². The van der Waals surface area contributed by atoms with Crippen molar-refractivity contribution in [2.75, 3.05) is 0 Å². The van der Waals surface area contributed by atoms with Crippen LogP contribution in [0.25, 0.3) is 5.65 Å². The van der Waals surface area contributed by atoms with Crippen LogP contribution < -0.4 is 0 Å². The van der Waals surface area contributed by atoms with Gasteiger partial charge in [0.1, 0.15) is 0 Å². The lowest BCUT2D eigenvalue weighted by Crippen LogP contribution is -1.99. The summed E-state index contributed by atoms with van der Waals surface area (Å²) in [6, 6.07) is 4.09. The first-order valence-corrected chi connectivity index (χ1v) is 6.08. The lowest BCUT2D eigenvalue weighted by Gasteiger charge is -2.07. The number of rotatable bonds is 4. The molecule has 3 nitrogen and oxygen atoms in total. The molecule has 2 aromatic rings. The van der Waals surface area contributed by atoms with E-state index >= 15 is 0 Å². The molecule has 2 aromatic heterocycles. The maximum Gasteiger partial charge on any atom is 0.158 e. The number of aromatic nitrogens is 3. The summed E-state index contributed by atoms with van der Waals surface area (Å²) in [5.41, 5.74) is 2.18. The van der Waals surface area contributed by atoms with Gasteiger partial charge in [0.25, 0.3) is 0 Å². The molecule has 0 saturated heterocycles. The fraction of sp³-hybridized carbons (Fsp3) is 0.538. The topological polar surface area (TPSA) is 30.2 Å². The minimum atomic E-state index is 0.504. The molecule has 0 aliphatic carbocycles. The Morgan fingerprint density at radius 3 is 2.81 bits per heavy atom. The Morgan fingerprint density at radius 2 is 2.19 bits per heavy atom. The van der Waals surface area contributed by atoms with E-state index in [1.807, 2.05) is 16.8 Å². The molecule has 0 aromatic carbocycles. The highest BCUT2D eigenvalue weighted by atomic mass is 15.3. The molecule has 3 heteroatoms. The zero-order chi connectivity index (χ0) is 11.5. The number of aryl methyl sites for hydroxylation is 1. The van der Waals surface area contributed by atoms with Gasteiger partial charge in [-0.3, -0.25) is 0 Å². The fourth-order valence-electron chi connectivity index (χ4n) is 2.09. The van der Waals surface area contributed by atoms with Crippen molar-refractivity contribution in [2.45, 2.75) is 46.0 Å². The number of hydrogen-bond acceptors (Lipinski definition) is 2. The van der Waals surface area contributed by atoms with Crippen LogP contribution in [-0.2, 0) is 0 Å². The van der Waals surface area contributed by atoms with Crippen LogP contribution in [0, 0.1) is 6.92 Å². The van der Waals surface area contributed by atoms with Gasteiger partial charge in [-0.15, -0.1) is 0 Å². The van der Waals surface area contributed by atoms with Gasteiger partial charge in [-0.25, -0.2) is 9.50 Å². The van der Waals surface area contributed by atoms with Crippen molar-refractivity contribution in [1.29, 1.82) is 0 Å². The van der Waals surface area contributed by atoms with E-state index in [4.69, 9.17) is 0 Å². The Balaban J connectivity index is 2.42. The average molecular weight is 217 g/mol. The van der Waals surface area contributed by atoms with Crippen molar-refractivity contribution >= 4 is 5.65 Å². The van der Waals surface area contributed by atoms with Crippen molar-refractivity contribution < 1.29 is 0 Å². The quantitative estimate of drug-likeness (QED) is 0.786. The minimum Gasteiger partial charge on any atom is -0.221 e. The summed E-state index contributed by atoms with van der Waals surface area (Å²) in [6.07, 6.45) is 5.45. The SMILES string of the molecule is CCCC(CC)c1nc2c(C)cccn2n1. The highest BCUT2D eigenvalue weighted by Crippen LogP contribution is 2.22. The normalized spacial score (nSPS) is 13.2. The van der Waals surface area contributed by atoms with E-state index in [1.165, 1.54) is 18.4 Å². The second-order valence-corrected chi connectivity index (χ2v) is 4.32. The van der Waals surface area contributed by atoms with Gasteiger partial charge in [0, 0.05) is 12.1 Å². The van der Waals surface area contributed by atoms with Crippen LogP contribution in [0.5, 0.6) is 0 Å². The molecule has 0 aliphatic heterocycles. The van der Waals surface area contributed by atoms with Gasteiger partial charge in [0.15, 0.2) is 11.5 Å². The third-order valence-corrected chi connectivity index (χ3v) is 3.07. The summed E-state index contributed by atoms with van der Waals surface area (Å²) in [4.78, 5) is 4.65. The predicted molar refractivity (Wildman–Crippen MR) is 65.7 cm³/mol. The number of nitrogens with zero attached hydrogens (tertiary/aromatic N) is 3. The van der Waals surface area contributed by atoms with E-state index in [9.17, 15) is 0 Å². The summed E-state index contributed by atoms with van der Waals surface area (Å²) in [5.74, 6) is 1.50. The number of hydrogen-bond donors (Lipinski definition) is 0. The Morgan fingerprint density at radius 1 is 1.38 bits per heavy atom. The largest absolute Gasteiger partial charge is 0.221 e. The Bertz CT molecular complexity index is 473. The van der Waals surface area contributed by atoms with Gasteiger partial charge in [-0.1, -0.05) is 26.3 Å². The second kappa shape index (κ2) is 4.64. The number of pyridine rings is 1. The van der Waals surface area contributed by atoms with E-state index in [0.717, 1.165) is 17.9 Å². The zero-order valence-electron chi connectivity index (χ0n) is 10.3. The molecule has 0 aliphatic rings. The molecule has 0 radical (unpaired) electrons. The molecule has 0 bridgehead atoms. The molecule has 0 N–H and O–H groups in total. The highest BCUT2D eigenvalue weighted by molar-refractivity contribution is 5.45. The third kappa shape index (κ3) is 1.94. The first kappa shape index (κ1) is 11.1. The van der Waals surface area contributed by atoms with Crippen LogP contribution in [0.4, 0.5) is 0 Å². The molecule has 0 saturated carbocycles. The summed E-state index contributed by atoms with van der Waals surface area (Å²) in [6.45, 7) is 6.50.